The Labute approximate surface area is 142 Å². The highest BCUT2D eigenvalue weighted by Gasteiger charge is 2.17. The standard InChI is InChI=1S/C21H22O3/c1-11-7-17-15(13(3)20(11)23-5)9-16-14(4)21(24-6)12(2)8-18(16)19(17)10-22/h7-10H,1-6H3. The van der Waals surface area contributed by atoms with E-state index in [1.807, 2.05) is 39.8 Å². The number of ether oxygens (including phenoxy) is 2. The lowest BCUT2D eigenvalue weighted by Crippen LogP contribution is -1.98. The van der Waals surface area contributed by atoms with Crippen LogP contribution in [0.25, 0.3) is 21.5 Å². The van der Waals surface area contributed by atoms with Crippen molar-refractivity contribution in [2.24, 2.45) is 0 Å². The van der Waals surface area contributed by atoms with Crippen LogP contribution in [0.3, 0.4) is 0 Å². The van der Waals surface area contributed by atoms with Crippen LogP contribution in [0.5, 0.6) is 11.5 Å². The Morgan fingerprint density at radius 2 is 1.12 bits per heavy atom. The van der Waals surface area contributed by atoms with Crippen LogP contribution >= 0.6 is 0 Å². The number of hydrogen-bond acceptors (Lipinski definition) is 3. The van der Waals surface area contributed by atoms with Gasteiger partial charge in [-0.3, -0.25) is 4.79 Å². The molecular weight excluding hydrogens is 300 g/mol. The van der Waals surface area contributed by atoms with E-state index in [9.17, 15) is 4.79 Å². The lowest BCUT2D eigenvalue weighted by atomic mass is 9.90. The topological polar surface area (TPSA) is 35.5 Å². The Hall–Kier alpha value is -2.55. The van der Waals surface area contributed by atoms with Gasteiger partial charge in [-0.25, -0.2) is 0 Å². The van der Waals surface area contributed by atoms with Gasteiger partial charge in [-0.05, 0) is 89.7 Å². The molecule has 0 aromatic heterocycles. The average molecular weight is 322 g/mol. The second-order valence-electron chi connectivity index (χ2n) is 6.30. The minimum atomic E-state index is 0.727. The van der Waals surface area contributed by atoms with Crippen molar-refractivity contribution in [1.29, 1.82) is 0 Å². The molecule has 0 heterocycles. The lowest BCUT2D eigenvalue weighted by Gasteiger charge is -2.18. The number of aryl methyl sites for hydroxylation is 4. The lowest BCUT2D eigenvalue weighted by molar-refractivity contribution is 0.112. The average Bonchev–Trinajstić information content (AvgIpc) is 2.54. The van der Waals surface area contributed by atoms with E-state index in [0.717, 1.165) is 67.1 Å². The molecule has 0 amide bonds. The van der Waals surface area contributed by atoms with Gasteiger partial charge in [-0.2, -0.15) is 0 Å². The molecule has 24 heavy (non-hydrogen) atoms. The second kappa shape index (κ2) is 5.82. The van der Waals surface area contributed by atoms with E-state index in [1.54, 1.807) is 14.2 Å². The molecule has 0 fully saturated rings. The summed E-state index contributed by atoms with van der Waals surface area (Å²) in [6.07, 6.45) is 0.960. The van der Waals surface area contributed by atoms with Crippen molar-refractivity contribution in [3.63, 3.8) is 0 Å². The number of hydrogen-bond donors (Lipinski definition) is 0. The van der Waals surface area contributed by atoms with Crippen molar-refractivity contribution in [1.82, 2.24) is 0 Å². The van der Waals surface area contributed by atoms with E-state index < -0.39 is 0 Å². The first kappa shape index (κ1) is 16.3. The van der Waals surface area contributed by atoms with E-state index in [4.69, 9.17) is 9.47 Å². The zero-order valence-corrected chi connectivity index (χ0v) is 15.0. The first-order valence-electron chi connectivity index (χ1n) is 7.98. The van der Waals surface area contributed by atoms with E-state index in [0.29, 0.717) is 0 Å². The minimum Gasteiger partial charge on any atom is -0.496 e. The van der Waals surface area contributed by atoms with Crippen LogP contribution in [-0.2, 0) is 0 Å². The SMILES string of the molecule is COc1c(C)cc2c(C=O)c3cc(C)c(OC)c(C)c3cc2c1C. The molecule has 3 aromatic carbocycles. The third-order valence-electron chi connectivity index (χ3n) is 4.90. The summed E-state index contributed by atoms with van der Waals surface area (Å²) in [5, 5.41) is 4.02. The maximum Gasteiger partial charge on any atom is 0.151 e. The van der Waals surface area contributed by atoms with Crippen molar-refractivity contribution in [2.75, 3.05) is 14.2 Å². The van der Waals surface area contributed by atoms with Crippen LogP contribution in [0.1, 0.15) is 32.6 Å². The Morgan fingerprint density at radius 3 is 1.46 bits per heavy atom. The summed E-state index contributed by atoms with van der Waals surface area (Å²) >= 11 is 0. The number of methoxy groups -OCH3 is 2. The summed E-state index contributed by atoms with van der Waals surface area (Å²) in [5.74, 6) is 1.74. The van der Waals surface area contributed by atoms with Gasteiger partial charge in [-0.1, -0.05) is 0 Å². The summed E-state index contributed by atoms with van der Waals surface area (Å²) in [6.45, 7) is 8.09. The van der Waals surface area contributed by atoms with Crippen molar-refractivity contribution in [3.8, 4) is 11.5 Å². The highest BCUT2D eigenvalue weighted by atomic mass is 16.5. The van der Waals surface area contributed by atoms with E-state index >= 15 is 0 Å². The largest absolute Gasteiger partial charge is 0.496 e. The fraction of sp³-hybridized carbons (Fsp3) is 0.286. The number of aldehydes is 1. The number of carbonyl (C=O) groups is 1. The van der Waals surface area contributed by atoms with Gasteiger partial charge >= 0.3 is 0 Å². The normalized spacial score (nSPS) is 11.1. The first-order chi connectivity index (χ1) is 11.4. The third kappa shape index (κ3) is 2.15. The maximum absolute atomic E-state index is 11.9. The van der Waals surface area contributed by atoms with Gasteiger partial charge in [0, 0.05) is 5.56 Å². The molecule has 0 spiro atoms. The van der Waals surface area contributed by atoms with Crippen molar-refractivity contribution in [2.45, 2.75) is 27.7 Å². The molecule has 3 nitrogen and oxygen atoms in total. The molecule has 3 heteroatoms. The summed E-state index contributed by atoms with van der Waals surface area (Å²) in [4.78, 5) is 11.9. The van der Waals surface area contributed by atoms with Gasteiger partial charge in [0.1, 0.15) is 11.5 Å². The van der Waals surface area contributed by atoms with Crippen molar-refractivity contribution in [3.05, 3.63) is 46.0 Å². The molecule has 0 saturated heterocycles. The van der Waals surface area contributed by atoms with E-state index in [2.05, 4.69) is 6.07 Å². The highest BCUT2D eigenvalue weighted by Crippen LogP contribution is 2.39. The number of rotatable bonds is 3. The molecule has 0 bridgehead atoms. The van der Waals surface area contributed by atoms with Crippen LogP contribution < -0.4 is 9.47 Å². The fourth-order valence-electron chi connectivity index (χ4n) is 3.82. The first-order valence-corrected chi connectivity index (χ1v) is 7.98. The smallest absolute Gasteiger partial charge is 0.151 e. The van der Waals surface area contributed by atoms with Crippen LogP contribution in [0.2, 0.25) is 0 Å². The van der Waals surface area contributed by atoms with Gasteiger partial charge in [0.05, 0.1) is 14.2 Å². The predicted octanol–water partition coefficient (Wildman–Crippen LogP) is 5.06. The zero-order chi connectivity index (χ0) is 17.6. The highest BCUT2D eigenvalue weighted by molar-refractivity contribution is 6.14. The molecular formula is C21H22O3. The molecule has 0 unspecified atom stereocenters. The molecule has 3 aromatic rings. The van der Waals surface area contributed by atoms with Gasteiger partial charge in [-0.15, -0.1) is 0 Å². The van der Waals surface area contributed by atoms with E-state index in [-0.39, 0.29) is 0 Å². The summed E-state index contributed by atoms with van der Waals surface area (Å²) in [6, 6.07) is 6.23. The zero-order valence-electron chi connectivity index (χ0n) is 15.0. The predicted molar refractivity (Wildman–Crippen MR) is 98.9 cm³/mol. The molecule has 0 aliphatic carbocycles. The molecule has 3 rings (SSSR count). The third-order valence-corrected chi connectivity index (χ3v) is 4.90. The van der Waals surface area contributed by atoms with Crippen LogP contribution in [0.15, 0.2) is 18.2 Å². The summed E-state index contributed by atoms with van der Waals surface area (Å²) in [7, 11) is 3.36. The monoisotopic (exact) mass is 322 g/mol. The molecule has 124 valence electrons. The second-order valence-corrected chi connectivity index (χ2v) is 6.30. The quantitative estimate of drug-likeness (QED) is 0.499. The molecule has 0 aliphatic rings. The number of fused-ring (bicyclic) bond motifs is 2. The Kier molecular flexibility index (Phi) is 3.96. The Morgan fingerprint density at radius 1 is 0.708 bits per heavy atom. The van der Waals surface area contributed by atoms with Crippen molar-refractivity contribution < 1.29 is 14.3 Å². The number of carbonyl (C=O) groups excluding carboxylic acids is 1. The molecule has 0 saturated carbocycles. The van der Waals surface area contributed by atoms with Gasteiger partial charge < -0.3 is 9.47 Å². The van der Waals surface area contributed by atoms with Gasteiger partial charge in [0.2, 0.25) is 0 Å². The molecule has 0 N–H and O–H groups in total. The van der Waals surface area contributed by atoms with Crippen LogP contribution in [-0.4, -0.2) is 20.5 Å². The Bertz CT molecular complexity index is 910. The fourth-order valence-corrected chi connectivity index (χ4v) is 3.82. The maximum atomic E-state index is 11.9. The Balaban J connectivity index is 2.61. The number of benzene rings is 3. The molecule has 0 aliphatic heterocycles. The minimum absolute atomic E-state index is 0.727. The van der Waals surface area contributed by atoms with Crippen molar-refractivity contribution >= 4 is 27.8 Å². The van der Waals surface area contributed by atoms with Gasteiger partial charge in [0.25, 0.3) is 0 Å². The van der Waals surface area contributed by atoms with E-state index in [1.165, 1.54) is 0 Å². The summed E-state index contributed by atoms with van der Waals surface area (Å²) < 4.78 is 11.1. The summed E-state index contributed by atoms with van der Waals surface area (Å²) in [5.41, 5.74) is 4.90. The van der Waals surface area contributed by atoms with Crippen LogP contribution in [0.4, 0.5) is 0 Å². The molecule has 0 radical (unpaired) electrons. The van der Waals surface area contributed by atoms with Crippen LogP contribution in [0, 0.1) is 27.7 Å². The van der Waals surface area contributed by atoms with Gasteiger partial charge in [0.15, 0.2) is 6.29 Å². The molecule has 0 atom stereocenters.